The van der Waals surface area contributed by atoms with Crippen LogP contribution in [0.5, 0.6) is 0 Å². The molecule has 6 heteroatoms. The Morgan fingerprint density at radius 2 is 2.20 bits per heavy atom. The van der Waals surface area contributed by atoms with E-state index in [2.05, 4.69) is 10.2 Å². The van der Waals surface area contributed by atoms with Gasteiger partial charge >= 0.3 is 5.97 Å². The van der Waals surface area contributed by atoms with E-state index in [0.29, 0.717) is 18.0 Å². The summed E-state index contributed by atoms with van der Waals surface area (Å²) in [4.78, 5) is 24.8. The number of hydrogen-bond acceptors (Lipinski definition) is 3. The van der Waals surface area contributed by atoms with Crippen molar-refractivity contribution in [2.24, 2.45) is 5.92 Å². The number of aliphatic carboxylic acids is 1. The van der Waals surface area contributed by atoms with Crippen LogP contribution >= 0.6 is 0 Å². The van der Waals surface area contributed by atoms with Crippen LogP contribution in [0.25, 0.3) is 10.9 Å². The van der Waals surface area contributed by atoms with Crippen molar-refractivity contribution in [3.63, 3.8) is 0 Å². The van der Waals surface area contributed by atoms with Crippen LogP contribution in [0.4, 0.5) is 0 Å². The van der Waals surface area contributed by atoms with Crippen LogP contribution in [0.1, 0.15) is 23.2 Å². The number of aromatic amines is 1. The number of benzene rings is 1. The summed E-state index contributed by atoms with van der Waals surface area (Å²) in [6.45, 7) is 0.266. The Hall–Kier alpha value is -2.37. The molecule has 2 aromatic rings. The molecule has 0 bridgehead atoms. The summed E-state index contributed by atoms with van der Waals surface area (Å²) in [5.74, 6) is -0.772. The van der Waals surface area contributed by atoms with Gasteiger partial charge in [0.1, 0.15) is 6.54 Å². The minimum atomic E-state index is -0.985. The van der Waals surface area contributed by atoms with Gasteiger partial charge in [0.05, 0.1) is 11.7 Å². The first-order valence-electron chi connectivity index (χ1n) is 6.57. The maximum absolute atomic E-state index is 12.4. The summed E-state index contributed by atoms with van der Waals surface area (Å²) in [5, 5.41) is 16.6. The Labute approximate surface area is 115 Å². The lowest BCUT2D eigenvalue weighted by Gasteiger charge is -2.20. The van der Waals surface area contributed by atoms with E-state index >= 15 is 0 Å². The van der Waals surface area contributed by atoms with Crippen molar-refractivity contribution in [3.8, 4) is 0 Å². The molecule has 0 radical (unpaired) electrons. The van der Waals surface area contributed by atoms with Gasteiger partial charge in [-0.25, -0.2) is 0 Å². The number of carbonyl (C=O) groups is 2. The van der Waals surface area contributed by atoms with Gasteiger partial charge in [0.15, 0.2) is 0 Å². The number of H-pyrrole nitrogens is 1. The van der Waals surface area contributed by atoms with Gasteiger partial charge in [0, 0.05) is 17.5 Å². The van der Waals surface area contributed by atoms with Crippen LogP contribution in [-0.2, 0) is 4.79 Å². The molecular formula is C14H15N3O3. The second-order valence-corrected chi connectivity index (χ2v) is 5.19. The van der Waals surface area contributed by atoms with Gasteiger partial charge in [0.2, 0.25) is 0 Å². The average Bonchev–Trinajstić information content (AvgIpc) is 3.11. The third-order valence-corrected chi connectivity index (χ3v) is 3.48. The lowest BCUT2D eigenvalue weighted by Crippen LogP contribution is -2.37. The van der Waals surface area contributed by atoms with Crippen molar-refractivity contribution < 1.29 is 14.7 Å². The number of rotatable bonds is 5. The topological polar surface area (TPSA) is 86.3 Å². The molecule has 1 aliphatic rings. The number of hydrogen-bond donors (Lipinski definition) is 2. The average molecular weight is 273 g/mol. The first-order chi connectivity index (χ1) is 9.63. The van der Waals surface area contributed by atoms with Crippen LogP contribution in [-0.4, -0.2) is 45.2 Å². The van der Waals surface area contributed by atoms with Crippen LogP contribution in [0.2, 0.25) is 0 Å². The quantitative estimate of drug-likeness (QED) is 0.864. The van der Waals surface area contributed by atoms with E-state index in [-0.39, 0.29) is 12.5 Å². The largest absolute Gasteiger partial charge is 0.480 e. The van der Waals surface area contributed by atoms with Gasteiger partial charge in [0.25, 0.3) is 5.91 Å². The van der Waals surface area contributed by atoms with Gasteiger partial charge < -0.3 is 10.0 Å². The van der Waals surface area contributed by atoms with E-state index in [0.717, 1.165) is 23.7 Å². The van der Waals surface area contributed by atoms with Crippen molar-refractivity contribution in [3.05, 3.63) is 30.0 Å². The highest BCUT2D eigenvalue weighted by molar-refractivity contribution is 5.98. The molecule has 6 nitrogen and oxygen atoms in total. The number of fused-ring (bicyclic) bond motifs is 1. The fourth-order valence-corrected chi connectivity index (χ4v) is 2.25. The van der Waals surface area contributed by atoms with Crippen molar-refractivity contribution in [1.82, 2.24) is 15.1 Å². The summed E-state index contributed by atoms with van der Waals surface area (Å²) >= 11 is 0. The normalized spacial score (nSPS) is 14.4. The number of nitrogens with zero attached hydrogens (tertiary/aromatic N) is 2. The Bertz CT molecular complexity index is 660. The summed E-state index contributed by atoms with van der Waals surface area (Å²) < 4.78 is 0. The molecular weight excluding hydrogens is 258 g/mol. The fraction of sp³-hybridized carbons (Fsp3) is 0.357. The molecule has 0 spiro atoms. The lowest BCUT2D eigenvalue weighted by atomic mass is 10.1. The Morgan fingerprint density at radius 3 is 2.90 bits per heavy atom. The van der Waals surface area contributed by atoms with Gasteiger partial charge in [-0.05, 0) is 30.9 Å². The Morgan fingerprint density at radius 1 is 1.40 bits per heavy atom. The zero-order chi connectivity index (χ0) is 14.1. The number of amides is 1. The van der Waals surface area contributed by atoms with Gasteiger partial charge in [-0.1, -0.05) is 6.07 Å². The van der Waals surface area contributed by atoms with E-state index in [1.807, 2.05) is 6.07 Å². The minimum absolute atomic E-state index is 0.240. The maximum atomic E-state index is 12.4. The highest BCUT2D eigenvalue weighted by atomic mass is 16.4. The van der Waals surface area contributed by atoms with E-state index in [9.17, 15) is 9.59 Å². The predicted molar refractivity (Wildman–Crippen MR) is 72.4 cm³/mol. The summed E-state index contributed by atoms with van der Waals surface area (Å²) in [6.07, 6.45) is 3.83. The van der Waals surface area contributed by atoms with Crippen LogP contribution < -0.4 is 0 Å². The number of carboxylic acid groups (broad SMARTS) is 1. The molecule has 3 rings (SSSR count). The van der Waals surface area contributed by atoms with Crippen molar-refractivity contribution in [2.45, 2.75) is 12.8 Å². The molecule has 1 aromatic heterocycles. The second-order valence-electron chi connectivity index (χ2n) is 5.19. The molecule has 1 heterocycles. The van der Waals surface area contributed by atoms with Gasteiger partial charge in [-0.3, -0.25) is 14.7 Å². The lowest BCUT2D eigenvalue weighted by molar-refractivity contribution is -0.137. The number of aromatic nitrogens is 2. The maximum Gasteiger partial charge on any atom is 0.323 e. The zero-order valence-electron chi connectivity index (χ0n) is 10.9. The highest BCUT2D eigenvalue weighted by Gasteiger charge is 2.28. The first-order valence-corrected chi connectivity index (χ1v) is 6.57. The third kappa shape index (κ3) is 2.64. The van der Waals surface area contributed by atoms with Crippen LogP contribution in [0.15, 0.2) is 24.4 Å². The SMILES string of the molecule is O=C(O)CN(CC1CC1)C(=O)c1ccc2cn[nH]c2c1. The summed E-state index contributed by atoms with van der Waals surface area (Å²) in [7, 11) is 0. The molecule has 1 aliphatic carbocycles. The smallest absolute Gasteiger partial charge is 0.323 e. The first kappa shape index (κ1) is 12.7. The van der Waals surface area contributed by atoms with E-state index < -0.39 is 5.97 Å². The number of nitrogens with one attached hydrogen (secondary N) is 1. The van der Waals surface area contributed by atoms with Gasteiger partial charge in [-0.15, -0.1) is 0 Å². The molecule has 1 fully saturated rings. The Balaban J connectivity index is 1.84. The highest BCUT2D eigenvalue weighted by Crippen LogP contribution is 2.30. The van der Waals surface area contributed by atoms with E-state index in [4.69, 9.17) is 5.11 Å². The molecule has 0 atom stereocenters. The molecule has 0 unspecified atom stereocenters. The zero-order valence-corrected chi connectivity index (χ0v) is 10.9. The minimum Gasteiger partial charge on any atom is -0.480 e. The molecule has 20 heavy (non-hydrogen) atoms. The molecule has 1 saturated carbocycles. The van der Waals surface area contributed by atoms with Crippen molar-refractivity contribution in [1.29, 1.82) is 0 Å². The molecule has 0 saturated heterocycles. The monoisotopic (exact) mass is 273 g/mol. The van der Waals surface area contributed by atoms with Crippen LogP contribution in [0, 0.1) is 5.92 Å². The van der Waals surface area contributed by atoms with E-state index in [1.165, 1.54) is 4.90 Å². The number of carboxylic acids is 1. The van der Waals surface area contributed by atoms with Crippen molar-refractivity contribution >= 4 is 22.8 Å². The molecule has 0 aliphatic heterocycles. The molecule has 1 aromatic carbocycles. The van der Waals surface area contributed by atoms with Crippen LogP contribution in [0.3, 0.4) is 0 Å². The molecule has 104 valence electrons. The molecule has 1 amide bonds. The predicted octanol–water partition coefficient (Wildman–Crippen LogP) is 1.50. The summed E-state index contributed by atoms with van der Waals surface area (Å²) in [5.41, 5.74) is 1.26. The number of carbonyl (C=O) groups excluding carboxylic acids is 1. The summed E-state index contributed by atoms with van der Waals surface area (Å²) in [6, 6.07) is 5.23. The van der Waals surface area contributed by atoms with Crippen molar-refractivity contribution in [2.75, 3.05) is 13.1 Å². The molecule has 2 N–H and O–H groups in total. The van der Waals surface area contributed by atoms with E-state index in [1.54, 1.807) is 18.3 Å². The fourth-order valence-electron chi connectivity index (χ4n) is 2.25. The second kappa shape index (κ2) is 4.96. The van der Waals surface area contributed by atoms with Gasteiger partial charge in [-0.2, -0.15) is 5.10 Å². The Kier molecular flexibility index (Phi) is 3.14. The third-order valence-electron chi connectivity index (χ3n) is 3.48. The standard InChI is InChI=1S/C14H15N3O3/c18-13(19)8-17(7-9-1-2-9)14(20)10-3-4-11-6-15-16-12(11)5-10/h3-6,9H,1-2,7-8H2,(H,15,16)(H,18,19).